The Morgan fingerprint density at radius 1 is 1.50 bits per heavy atom. The van der Waals surface area contributed by atoms with Crippen molar-refractivity contribution in [2.45, 2.75) is 19.8 Å². The molecule has 0 rings (SSSR count). The molecule has 0 aliphatic rings. The molecule has 0 aliphatic carbocycles. The molecule has 0 fully saturated rings. The summed E-state index contributed by atoms with van der Waals surface area (Å²) in [6, 6.07) is 0. The van der Waals surface area contributed by atoms with E-state index < -0.39 is 0 Å². The standard InChI is InChI=1S/C9H15NO2/c1-3-4-7-10(2)9(12)6-5-8-11/h5-6,8H,3-4,7H2,1-2H3/b6-5-. The Kier molecular flexibility index (Phi) is 5.97. The van der Waals surface area contributed by atoms with E-state index in [4.69, 9.17) is 0 Å². The van der Waals surface area contributed by atoms with Gasteiger partial charge < -0.3 is 4.90 Å². The van der Waals surface area contributed by atoms with Crippen LogP contribution in [-0.2, 0) is 9.59 Å². The summed E-state index contributed by atoms with van der Waals surface area (Å²) in [5, 5.41) is 0. The average molecular weight is 169 g/mol. The van der Waals surface area contributed by atoms with Gasteiger partial charge in [-0.05, 0) is 12.5 Å². The van der Waals surface area contributed by atoms with Gasteiger partial charge in [0, 0.05) is 19.7 Å². The van der Waals surface area contributed by atoms with Crippen LogP contribution in [0.3, 0.4) is 0 Å². The summed E-state index contributed by atoms with van der Waals surface area (Å²) < 4.78 is 0. The molecule has 3 heteroatoms. The first-order chi connectivity index (χ1) is 5.72. The molecular weight excluding hydrogens is 154 g/mol. The zero-order chi connectivity index (χ0) is 9.40. The molecule has 0 heterocycles. The van der Waals surface area contributed by atoms with Gasteiger partial charge in [-0.25, -0.2) is 0 Å². The molecule has 1 amide bonds. The largest absolute Gasteiger partial charge is 0.342 e. The number of amides is 1. The molecule has 0 aliphatic heterocycles. The summed E-state index contributed by atoms with van der Waals surface area (Å²) in [5.41, 5.74) is 0. The number of allylic oxidation sites excluding steroid dienone is 1. The number of hydrogen-bond acceptors (Lipinski definition) is 2. The van der Waals surface area contributed by atoms with Crippen molar-refractivity contribution in [3.8, 4) is 0 Å². The van der Waals surface area contributed by atoms with Crippen molar-refractivity contribution in [2.75, 3.05) is 13.6 Å². The third-order valence-electron chi connectivity index (χ3n) is 1.54. The van der Waals surface area contributed by atoms with Gasteiger partial charge in [-0.1, -0.05) is 13.3 Å². The second kappa shape index (κ2) is 6.58. The number of carbonyl (C=O) groups excluding carboxylic acids is 2. The number of hydrogen-bond donors (Lipinski definition) is 0. The highest BCUT2D eigenvalue weighted by Crippen LogP contribution is 1.92. The average Bonchev–Trinajstić information content (AvgIpc) is 2.10. The Bertz CT molecular complexity index is 175. The highest BCUT2D eigenvalue weighted by molar-refractivity contribution is 5.90. The summed E-state index contributed by atoms with van der Waals surface area (Å²) in [6.07, 6.45) is 5.16. The molecular formula is C9H15NO2. The second-order valence-corrected chi connectivity index (χ2v) is 2.61. The first kappa shape index (κ1) is 10.9. The van der Waals surface area contributed by atoms with Crippen LogP contribution in [0.5, 0.6) is 0 Å². The van der Waals surface area contributed by atoms with Crippen LogP contribution in [-0.4, -0.2) is 30.7 Å². The van der Waals surface area contributed by atoms with Crippen LogP contribution in [0.4, 0.5) is 0 Å². The lowest BCUT2D eigenvalue weighted by Gasteiger charge is -2.13. The summed E-state index contributed by atoms with van der Waals surface area (Å²) in [5.74, 6) is -0.115. The lowest BCUT2D eigenvalue weighted by Crippen LogP contribution is -2.25. The fraction of sp³-hybridized carbons (Fsp3) is 0.556. The maximum Gasteiger partial charge on any atom is 0.246 e. The van der Waals surface area contributed by atoms with Gasteiger partial charge >= 0.3 is 0 Å². The molecule has 0 aromatic rings. The Morgan fingerprint density at radius 2 is 2.17 bits per heavy atom. The molecule has 0 saturated carbocycles. The minimum atomic E-state index is -0.115. The smallest absolute Gasteiger partial charge is 0.246 e. The second-order valence-electron chi connectivity index (χ2n) is 2.61. The van der Waals surface area contributed by atoms with Crippen molar-refractivity contribution in [1.82, 2.24) is 4.90 Å². The topological polar surface area (TPSA) is 37.4 Å². The number of likely N-dealkylation sites (N-methyl/N-ethyl adjacent to an activating group) is 1. The first-order valence-corrected chi connectivity index (χ1v) is 4.09. The highest BCUT2D eigenvalue weighted by Gasteiger charge is 2.01. The zero-order valence-corrected chi connectivity index (χ0v) is 7.62. The van der Waals surface area contributed by atoms with Gasteiger partial charge in [0.1, 0.15) is 6.29 Å². The third-order valence-corrected chi connectivity index (χ3v) is 1.54. The number of aldehydes is 1. The van der Waals surface area contributed by atoms with E-state index in [-0.39, 0.29) is 5.91 Å². The lowest BCUT2D eigenvalue weighted by molar-refractivity contribution is -0.125. The van der Waals surface area contributed by atoms with Crippen LogP contribution in [0.2, 0.25) is 0 Å². The number of rotatable bonds is 5. The van der Waals surface area contributed by atoms with Crippen LogP contribution in [0, 0.1) is 0 Å². The lowest BCUT2D eigenvalue weighted by atomic mass is 10.3. The minimum absolute atomic E-state index is 0.115. The normalized spacial score (nSPS) is 10.2. The van der Waals surface area contributed by atoms with Gasteiger partial charge in [0.2, 0.25) is 5.91 Å². The van der Waals surface area contributed by atoms with Crippen molar-refractivity contribution < 1.29 is 9.59 Å². The van der Waals surface area contributed by atoms with Gasteiger partial charge in [-0.2, -0.15) is 0 Å². The Labute approximate surface area is 73.1 Å². The Hall–Kier alpha value is -1.12. The third kappa shape index (κ3) is 4.66. The summed E-state index contributed by atoms with van der Waals surface area (Å²) in [7, 11) is 1.73. The molecule has 0 N–H and O–H groups in total. The van der Waals surface area contributed by atoms with Crippen molar-refractivity contribution in [1.29, 1.82) is 0 Å². The summed E-state index contributed by atoms with van der Waals surface area (Å²) in [4.78, 5) is 22.6. The van der Waals surface area contributed by atoms with Gasteiger partial charge in [0.15, 0.2) is 0 Å². The van der Waals surface area contributed by atoms with Crippen LogP contribution >= 0.6 is 0 Å². The van der Waals surface area contributed by atoms with Crippen molar-refractivity contribution in [2.24, 2.45) is 0 Å². The molecule has 0 aromatic heterocycles. The molecule has 0 saturated heterocycles. The molecule has 0 unspecified atom stereocenters. The highest BCUT2D eigenvalue weighted by atomic mass is 16.2. The van der Waals surface area contributed by atoms with Gasteiger partial charge in [-0.3, -0.25) is 9.59 Å². The van der Waals surface area contributed by atoms with E-state index in [1.54, 1.807) is 11.9 Å². The molecule has 0 spiro atoms. The molecule has 68 valence electrons. The molecule has 3 nitrogen and oxygen atoms in total. The van der Waals surface area contributed by atoms with E-state index in [1.807, 2.05) is 0 Å². The van der Waals surface area contributed by atoms with E-state index >= 15 is 0 Å². The van der Waals surface area contributed by atoms with Gasteiger partial charge in [0.05, 0.1) is 0 Å². The predicted octanol–water partition coefficient (Wildman–Crippen LogP) is 1.00. The fourth-order valence-corrected chi connectivity index (χ4v) is 0.754. The monoisotopic (exact) mass is 169 g/mol. The Morgan fingerprint density at radius 3 is 2.67 bits per heavy atom. The molecule has 0 radical (unpaired) electrons. The van der Waals surface area contributed by atoms with E-state index in [1.165, 1.54) is 12.2 Å². The van der Waals surface area contributed by atoms with Crippen molar-refractivity contribution in [3.05, 3.63) is 12.2 Å². The zero-order valence-electron chi connectivity index (χ0n) is 7.62. The Balaban J connectivity index is 3.76. The summed E-state index contributed by atoms with van der Waals surface area (Å²) >= 11 is 0. The SMILES string of the molecule is CCCCN(C)C(=O)/C=C\C=O. The molecule has 0 aromatic carbocycles. The van der Waals surface area contributed by atoms with E-state index in [0.717, 1.165) is 19.4 Å². The molecule has 12 heavy (non-hydrogen) atoms. The predicted molar refractivity (Wildman–Crippen MR) is 47.7 cm³/mol. The van der Waals surface area contributed by atoms with Crippen LogP contribution in [0.15, 0.2) is 12.2 Å². The van der Waals surface area contributed by atoms with Crippen molar-refractivity contribution >= 4 is 12.2 Å². The van der Waals surface area contributed by atoms with Crippen LogP contribution < -0.4 is 0 Å². The van der Waals surface area contributed by atoms with Crippen molar-refractivity contribution in [3.63, 3.8) is 0 Å². The minimum Gasteiger partial charge on any atom is -0.342 e. The molecule has 0 bridgehead atoms. The van der Waals surface area contributed by atoms with Gasteiger partial charge in [0.25, 0.3) is 0 Å². The maximum atomic E-state index is 11.1. The number of carbonyl (C=O) groups is 2. The molecule has 0 atom stereocenters. The van der Waals surface area contributed by atoms with Crippen LogP contribution in [0.1, 0.15) is 19.8 Å². The van der Waals surface area contributed by atoms with E-state index in [0.29, 0.717) is 6.29 Å². The van der Waals surface area contributed by atoms with Crippen LogP contribution in [0.25, 0.3) is 0 Å². The number of unbranched alkanes of at least 4 members (excludes halogenated alkanes) is 1. The quantitative estimate of drug-likeness (QED) is 0.455. The van der Waals surface area contributed by atoms with E-state index in [2.05, 4.69) is 6.92 Å². The van der Waals surface area contributed by atoms with Gasteiger partial charge in [-0.15, -0.1) is 0 Å². The number of nitrogens with zero attached hydrogens (tertiary/aromatic N) is 1. The fourth-order valence-electron chi connectivity index (χ4n) is 0.754. The maximum absolute atomic E-state index is 11.1. The first-order valence-electron chi connectivity index (χ1n) is 4.09. The summed E-state index contributed by atoms with van der Waals surface area (Å²) in [6.45, 7) is 2.82. The van der Waals surface area contributed by atoms with E-state index in [9.17, 15) is 9.59 Å².